The molecule has 178 valence electrons. The number of piperazine rings is 1. The highest BCUT2D eigenvalue weighted by Crippen LogP contribution is 2.29. The van der Waals surface area contributed by atoms with Gasteiger partial charge in [-0.2, -0.15) is 0 Å². The fraction of sp³-hybridized carbons (Fsp3) is 0.346. The number of carbonyl (C=O) groups is 1. The smallest absolute Gasteiger partial charge is 0.256 e. The minimum atomic E-state index is -0.263. The molecule has 34 heavy (non-hydrogen) atoms. The van der Waals surface area contributed by atoms with E-state index in [1.807, 2.05) is 26.0 Å². The van der Waals surface area contributed by atoms with Crippen molar-refractivity contribution in [3.8, 4) is 11.5 Å². The summed E-state index contributed by atoms with van der Waals surface area (Å²) < 4.78 is 11.2. The molecule has 0 radical (unpaired) electrons. The molecule has 0 bridgehead atoms. The molecule has 1 amide bonds. The van der Waals surface area contributed by atoms with E-state index in [-0.39, 0.29) is 5.91 Å². The molecule has 1 aromatic heterocycles. The van der Waals surface area contributed by atoms with E-state index in [0.29, 0.717) is 36.1 Å². The number of nitrogens with zero attached hydrogens (tertiary/aromatic N) is 4. The van der Waals surface area contributed by atoms with Crippen molar-refractivity contribution in [3.05, 3.63) is 72.1 Å². The number of hydrogen-bond acceptors (Lipinski definition) is 7. The first kappa shape index (κ1) is 23.5. The largest absolute Gasteiger partial charge is 0.490 e. The maximum Gasteiger partial charge on any atom is 0.256 e. The normalized spacial score (nSPS) is 14.0. The summed E-state index contributed by atoms with van der Waals surface area (Å²) >= 11 is 0. The third kappa shape index (κ3) is 6.02. The highest BCUT2D eigenvalue weighted by molar-refractivity contribution is 6.04. The predicted octanol–water partition coefficient (Wildman–Crippen LogP) is 3.85. The maximum absolute atomic E-state index is 12.9. The van der Waals surface area contributed by atoms with Gasteiger partial charge in [0.05, 0.1) is 13.2 Å². The number of rotatable bonds is 9. The van der Waals surface area contributed by atoms with Crippen molar-refractivity contribution in [2.75, 3.05) is 49.6 Å². The quantitative estimate of drug-likeness (QED) is 0.518. The van der Waals surface area contributed by atoms with Gasteiger partial charge in [-0.05, 0) is 37.6 Å². The van der Waals surface area contributed by atoms with E-state index in [1.165, 1.54) is 11.9 Å². The number of amides is 1. The second-order valence-electron chi connectivity index (χ2n) is 7.99. The Balaban J connectivity index is 1.37. The topological polar surface area (TPSA) is 79.8 Å². The maximum atomic E-state index is 12.9. The molecule has 3 aromatic rings. The van der Waals surface area contributed by atoms with Crippen LogP contribution in [0.2, 0.25) is 0 Å². The van der Waals surface area contributed by atoms with Gasteiger partial charge in [0, 0.05) is 44.4 Å². The lowest BCUT2D eigenvalue weighted by Crippen LogP contribution is -2.46. The summed E-state index contributed by atoms with van der Waals surface area (Å²) in [4.78, 5) is 26.2. The van der Waals surface area contributed by atoms with Crippen molar-refractivity contribution in [1.82, 2.24) is 14.9 Å². The number of benzene rings is 2. The molecule has 2 heterocycles. The second kappa shape index (κ2) is 11.5. The van der Waals surface area contributed by atoms with Crippen LogP contribution in [-0.2, 0) is 6.54 Å². The van der Waals surface area contributed by atoms with Crippen LogP contribution in [0.25, 0.3) is 0 Å². The van der Waals surface area contributed by atoms with E-state index < -0.39 is 0 Å². The minimum absolute atomic E-state index is 0.263. The molecule has 8 heteroatoms. The SMILES string of the molecule is CCOc1ccc(C(=O)Nc2cc(N3CCN(Cc4ccccc4)CC3)ncn2)cc1OCC. The van der Waals surface area contributed by atoms with Crippen LogP contribution in [0.4, 0.5) is 11.6 Å². The third-order valence-corrected chi connectivity index (χ3v) is 5.65. The number of anilines is 2. The van der Waals surface area contributed by atoms with Gasteiger partial charge in [0.1, 0.15) is 18.0 Å². The molecular weight excluding hydrogens is 430 g/mol. The molecule has 1 N–H and O–H groups in total. The fourth-order valence-corrected chi connectivity index (χ4v) is 3.95. The van der Waals surface area contributed by atoms with Gasteiger partial charge in [0.15, 0.2) is 11.5 Å². The van der Waals surface area contributed by atoms with Gasteiger partial charge >= 0.3 is 0 Å². The van der Waals surface area contributed by atoms with Gasteiger partial charge in [0.25, 0.3) is 5.91 Å². The highest BCUT2D eigenvalue weighted by Gasteiger charge is 2.19. The number of hydrogen-bond donors (Lipinski definition) is 1. The fourth-order valence-electron chi connectivity index (χ4n) is 3.95. The number of nitrogens with one attached hydrogen (secondary N) is 1. The van der Waals surface area contributed by atoms with Crippen LogP contribution in [0, 0.1) is 0 Å². The standard InChI is InChI=1S/C26H31N5O3/c1-3-33-22-11-10-21(16-23(22)34-4-2)26(32)29-24-17-25(28-19-27-24)31-14-12-30(13-15-31)18-20-8-6-5-7-9-20/h5-11,16-17,19H,3-4,12-15,18H2,1-2H3,(H,27,28,29,32). The molecule has 2 aromatic carbocycles. The van der Waals surface area contributed by atoms with Gasteiger partial charge in [-0.3, -0.25) is 9.69 Å². The first-order valence-electron chi connectivity index (χ1n) is 11.7. The zero-order valence-corrected chi connectivity index (χ0v) is 19.7. The molecule has 1 aliphatic heterocycles. The molecular formula is C26H31N5O3. The van der Waals surface area contributed by atoms with E-state index >= 15 is 0 Å². The van der Waals surface area contributed by atoms with Crippen LogP contribution in [-0.4, -0.2) is 60.2 Å². The first-order valence-corrected chi connectivity index (χ1v) is 11.7. The van der Waals surface area contributed by atoms with Crippen LogP contribution in [0.3, 0.4) is 0 Å². The molecule has 1 fully saturated rings. The average Bonchev–Trinajstić information content (AvgIpc) is 2.86. The average molecular weight is 462 g/mol. The minimum Gasteiger partial charge on any atom is -0.490 e. The number of ether oxygens (including phenoxy) is 2. The van der Waals surface area contributed by atoms with E-state index in [9.17, 15) is 4.79 Å². The molecule has 0 unspecified atom stereocenters. The van der Waals surface area contributed by atoms with Crippen molar-refractivity contribution in [2.24, 2.45) is 0 Å². The van der Waals surface area contributed by atoms with E-state index in [2.05, 4.69) is 49.4 Å². The van der Waals surface area contributed by atoms with Gasteiger partial charge < -0.3 is 19.7 Å². The van der Waals surface area contributed by atoms with Crippen LogP contribution >= 0.6 is 0 Å². The summed E-state index contributed by atoms with van der Waals surface area (Å²) in [5.41, 5.74) is 1.80. The van der Waals surface area contributed by atoms with Crippen molar-refractivity contribution < 1.29 is 14.3 Å². The Hall–Kier alpha value is -3.65. The van der Waals surface area contributed by atoms with Crippen LogP contribution in [0.15, 0.2) is 60.9 Å². The third-order valence-electron chi connectivity index (χ3n) is 5.65. The molecule has 1 saturated heterocycles. The van der Waals surface area contributed by atoms with Crippen molar-refractivity contribution in [3.63, 3.8) is 0 Å². The molecule has 0 spiro atoms. The summed E-state index contributed by atoms with van der Waals surface area (Å²) in [6, 6.07) is 17.5. The predicted molar refractivity (Wildman–Crippen MR) is 133 cm³/mol. The Morgan fingerprint density at radius 2 is 1.65 bits per heavy atom. The van der Waals surface area contributed by atoms with Crippen molar-refractivity contribution in [2.45, 2.75) is 20.4 Å². The van der Waals surface area contributed by atoms with Crippen molar-refractivity contribution >= 4 is 17.5 Å². The van der Waals surface area contributed by atoms with Gasteiger partial charge in [0.2, 0.25) is 0 Å². The molecule has 0 atom stereocenters. The summed E-state index contributed by atoms with van der Waals surface area (Å²) in [5.74, 6) is 2.19. The zero-order valence-electron chi connectivity index (χ0n) is 19.7. The number of carbonyl (C=O) groups excluding carboxylic acids is 1. The van der Waals surface area contributed by atoms with Gasteiger partial charge in [-0.25, -0.2) is 9.97 Å². The van der Waals surface area contributed by atoms with E-state index in [4.69, 9.17) is 9.47 Å². The van der Waals surface area contributed by atoms with E-state index in [1.54, 1.807) is 18.2 Å². The van der Waals surface area contributed by atoms with E-state index in [0.717, 1.165) is 38.5 Å². The lowest BCUT2D eigenvalue weighted by atomic mass is 10.2. The lowest BCUT2D eigenvalue weighted by Gasteiger charge is -2.35. The number of aromatic nitrogens is 2. The molecule has 0 aliphatic carbocycles. The zero-order chi connectivity index (χ0) is 23.8. The van der Waals surface area contributed by atoms with Crippen molar-refractivity contribution in [1.29, 1.82) is 0 Å². The van der Waals surface area contributed by atoms with Gasteiger partial charge in [-0.15, -0.1) is 0 Å². The van der Waals surface area contributed by atoms with Crippen LogP contribution < -0.4 is 19.7 Å². The summed E-state index contributed by atoms with van der Waals surface area (Å²) in [5, 5.41) is 2.88. The molecule has 1 aliphatic rings. The Morgan fingerprint density at radius 3 is 2.38 bits per heavy atom. The summed E-state index contributed by atoms with van der Waals surface area (Å²) in [7, 11) is 0. The summed E-state index contributed by atoms with van der Waals surface area (Å²) in [6.45, 7) is 9.40. The van der Waals surface area contributed by atoms with Crippen LogP contribution in [0.1, 0.15) is 29.8 Å². The highest BCUT2D eigenvalue weighted by atomic mass is 16.5. The molecule has 4 rings (SSSR count). The second-order valence-corrected chi connectivity index (χ2v) is 7.99. The Bertz CT molecular complexity index is 1080. The first-order chi connectivity index (χ1) is 16.7. The molecule has 8 nitrogen and oxygen atoms in total. The molecule has 0 saturated carbocycles. The monoisotopic (exact) mass is 461 g/mol. The lowest BCUT2D eigenvalue weighted by molar-refractivity contribution is 0.102. The Labute approximate surface area is 200 Å². The Morgan fingerprint density at radius 1 is 0.912 bits per heavy atom. The van der Waals surface area contributed by atoms with Gasteiger partial charge in [-0.1, -0.05) is 30.3 Å². The Kier molecular flexibility index (Phi) is 7.93. The summed E-state index contributed by atoms with van der Waals surface area (Å²) in [6.07, 6.45) is 1.49. The van der Waals surface area contributed by atoms with Crippen LogP contribution in [0.5, 0.6) is 11.5 Å².